The molecule has 0 N–H and O–H groups in total. The largest absolute Gasteiger partial charge is 0.492 e. The average Bonchev–Trinajstić information content (AvgIpc) is 2.92. The molecule has 132 valence electrons. The summed E-state index contributed by atoms with van der Waals surface area (Å²) >= 11 is 0. The lowest BCUT2D eigenvalue weighted by Gasteiger charge is -2.32. The molecular formula is C19H24N4O2. The molecule has 6 heteroatoms. The van der Waals surface area contributed by atoms with Crippen LogP contribution in [0.4, 0.5) is 0 Å². The minimum absolute atomic E-state index is 0.147. The smallest absolute Gasteiger partial charge is 0.120 e. The lowest BCUT2D eigenvalue weighted by molar-refractivity contribution is -0.0403. The first-order valence-corrected chi connectivity index (χ1v) is 8.62. The van der Waals surface area contributed by atoms with Crippen LogP contribution in [0.1, 0.15) is 17.0 Å². The van der Waals surface area contributed by atoms with Crippen molar-refractivity contribution in [1.29, 1.82) is 5.26 Å². The Labute approximate surface area is 148 Å². The summed E-state index contributed by atoms with van der Waals surface area (Å²) in [5.41, 5.74) is 2.82. The maximum absolute atomic E-state index is 8.93. The van der Waals surface area contributed by atoms with E-state index in [1.54, 1.807) is 12.1 Å². The molecule has 1 unspecified atom stereocenters. The zero-order chi connectivity index (χ0) is 17.6. The molecule has 1 atom stereocenters. The van der Waals surface area contributed by atoms with Gasteiger partial charge in [0.25, 0.3) is 0 Å². The Morgan fingerprint density at radius 3 is 3.00 bits per heavy atom. The molecule has 1 aromatic carbocycles. The summed E-state index contributed by atoms with van der Waals surface area (Å²) in [6.07, 6.45) is 0.147. The zero-order valence-electron chi connectivity index (χ0n) is 14.8. The fourth-order valence-corrected chi connectivity index (χ4v) is 3.09. The Hall–Kier alpha value is -2.36. The molecule has 3 rings (SSSR count). The molecule has 1 saturated heterocycles. The molecule has 0 radical (unpaired) electrons. The number of nitrogens with zero attached hydrogens (tertiary/aromatic N) is 4. The summed E-state index contributed by atoms with van der Waals surface area (Å²) < 4.78 is 13.7. The van der Waals surface area contributed by atoms with Crippen LogP contribution in [0.5, 0.6) is 5.75 Å². The van der Waals surface area contributed by atoms with Gasteiger partial charge < -0.3 is 9.47 Å². The van der Waals surface area contributed by atoms with Gasteiger partial charge in [0.1, 0.15) is 12.4 Å². The molecule has 2 heterocycles. The van der Waals surface area contributed by atoms with E-state index in [1.807, 2.05) is 23.7 Å². The number of benzene rings is 1. The van der Waals surface area contributed by atoms with Crippen molar-refractivity contribution in [2.24, 2.45) is 0 Å². The van der Waals surface area contributed by atoms with Crippen molar-refractivity contribution < 1.29 is 9.47 Å². The summed E-state index contributed by atoms with van der Waals surface area (Å²) in [7, 11) is 0. The van der Waals surface area contributed by atoms with E-state index in [0.29, 0.717) is 12.2 Å². The van der Waals surface area contributed by atoms with Crippen molar-refractivity contribution in [3.05, 3.63) is 47.3 Å². The Morgan fingerprint density at radius 2 is 2.24 bits per heavy atom. The molecule has 1 fully saturated rings. The van der Waals surface area contributed by atoms with E-state index >= 15 is 0 Å². The van der Waals surface area contributed by atoms with Gasteiger partial charge in [-0.2, -0.15) is 10.4 Å². The zero-order valence-corrected chi connectivity index (χ0v) is 14.8. The van der Waals surface area contributed by atoms with Crippen molar-refractivity contribution in [2.75, 3.05) is 32.8 Å². The SMILES string of the molecule is Cc1cc(C)n(CC2CN(CCOc3cccc(C#N)c3)CCO2)n1. The number of morpholine rings is 1. The van der Waals surface area contributed by atoms with Gasteiger partial charge in [-0.15, -0.1) is 0 Å². The van der Waals surface area contributed by atoms with Crippen LogP contribution in [0.25, 0.3) is 0 Å². The lowest BCUT2D eigenvalue weighted by Crippen LogP contribution is -2.45. The molecule has 6 nitrogen and oxygen atoms in total. The Balaban J connectivity index is 1.47. The molecule has 25 heavy (non-hydrogen) atoms. The maximum atomic E-state index is 8.93. The van der Waals surface area contributed by atoms with Gasteiger partial charge in [-0.05, 0) is 38.1 Å². The molecule has 0 spiro atoms. The van der Waals surface area contributed by atoms with E-state index in [0.717, 1.165) is 44.2 Å². The second-order valence-corrected chi connectivity index (χ2v) is 6.39. The number of hydrogen-bond donors (Lipinski definition) is 0. The van der Waals surface area contributed by atoms with Crippen molar-refractivity contribution in [3.8, 4) is 11.8 Å². The highest BCUT2D eigenvalue weighted by molar-refractivity contribution is 5.36. The van der Waals surface area contributed by atoms with Crippen molar-refractivity contribution in [2.45, 2.75) is 26.5 Å². The number of nitriles is 1. The van der Waals surface area contributed by atoms with Gasteiger partial charge in [0, 0.05) is 25.3 Å². The van der Waals surface area contributed by atoms with Crippen molar-refractivity contribution in [3.63, 3.8) is 0 Å². The summed E-state index contributed by atoms with van der Waals surface area (Å²) in [6, 6.07) is 11.5. The Kier molecular flexibility index (Phi) is 5.69. The molecule has 0 amide bonds. The molecule has 0 saturated carbocycles. The second-order valence-electron chi connectivity index (χ2n) is 6.39. The summed E-state index contributed by atoms with van der Waals surface area (Å²) in [6.45, 7) is 8.82. The fraction of sp³-hybridized carbons (Fsp3) is 0.474. The van der Waals surface area contributed by atoms with Crippen LogP contribution in [-0.2, 0) is 11.3 Å². The first-order valence-electron chi connectivity index (χ1n) is 8.62. The van der Waals surface area contributed by atoms with E-state index in [-0.39, 0.29) is 6.10 Å². The monoisotopic (exact) mass is 340 g/mol. The van der Waals surface area contributed by atoms with E-state index in [2.05, 4.69) is 29.1 Å². The Morgan fingerprint density at radius 1 is 1.36 bits per heavy atom. The molecule has 0 aliphatic carbocycles. The molecule has 1 aliphatic rings. The lowest BCUT2D eigenvalue weighted by atomic mass is 10.2. The van der Waals surface area contributed by atoms with Crippen LogP contribution in [0.3, 0.4) is 0 Å². The average molecular weight is 340 g/mol. The van der Waals surface area contributed by atoms with Crippen molar-refractivity contribution in [1.82, 2.24) is 14.7 Å². The molecular weight excluding hydrogens is 316 g/mol. The molecule has 1 aromatic heterocycles. The predicted octanol–water partition coefficient (Wildman–Crippen LogP) is 2.15. The first kappa shape index (κ1) is 17.5. The third kappa shape index (κ3) is 4.81. The van der Waals surface area contributed by atoms with E-state index in [1.165, 1.54) is 5.69 Å². The third-order valence-corrected chi connectivity index (χ3v) is 4.34. The number of ether oxygens (including phenoxy) is 2. The van der Waals surface area contributed by atoms with Crippen LogP contribution in [0, 0.1) is 25.2 Å². The molecule has 0 bridgehead atoms. The maximum Gasteiger partial charge on any atom is 0.120 e. The van der Waals surface area contributed by atoms with Crippen LogP contribution in [0.15, 0.2) is 30.3 Å². The van der Waals surface area contributed by atoms with Gasteiger partial charge in [-0.1, -0.05) is 6.07 Å². The highest BCUT2D eigenvalue weighted by Crippen LogP contribution is 2.13. The minimum atomic E-state index is 0.147. The van der Waals surface area contributed by atoms with E-state index in [4.69, 9.17) is 14.7 Å². The summed E-state index contributed by atoms with van der Waals surface area (Å²) in [4.78, 5) is 2.36. The van der Waals surface area contributed by atoms with Crippen LogP contribution < -0.4 is 4.74 Å². The van der Waals surface area contributed by atoms with Crippen molar-refractivity contribution >= 4 is 0 Å². The topological polar surface area (TPSA) is 63.3 Å². The first-order chi connectivity index (χ1) is 12.1. The second kappa shape index (κ2) is 8.15. The number of aromatic nitrogens is 2. The summed E-state index contributed by atoms with van der Waals surface area (Å²) in [5, 5.41) is 13.4. The third-order valence-electron chi connectivity index (χ3n) is 4.34. The molecule has 2 aromatic rings. The van der Waals surface area contributed by atoms with Crippen LogP contribution >= 0.6 is 0 Å². The number of hydrogen-bond acceptors (Lipinski definition) is 5. The standard InChI is InChI=1S/C19H24N4O2/c1-15-10-16(2)23(21-15)14-19-13-22(7-9-25-19)6-8-24-18-5-3-4-17(11-18)12-20/h3-5,10-11,19H,6-9,13-14H2,1-2H3. The van der Waals surface area contributed by atoms with Gasteiger partial charge in [-0.3, -0.25) is 9.58 Å². The number of rotatable bonds is 6. The Bertz CT molecular complexity index is 750. The molecule has 1 aliphatic heterocycles. The fourth-order valence-electron chi connectivity index (χ4n) is 3.09. The van der Waals surface area contributed by atoms with Gasteiger partial charge in [0.05, 0.1) is 36.6 Å². The highest BCUT2D eigenvalue weighted by atomic mass is 16.5. The highest BCUT2D eigenvalue weighted by Gasteiger charge is 2.21. The predicted molar refractivity (Wildman–Crippen MR) is 94.5 cm³/mol. The number of aryl methyl sites for hydroxylation is 2. The van der Waals surface area contributed by atoms with E-state index in [9.17, 15) is 0 Å². The van der Waals surface area contributed by atoms with Gasteiger partial charge >= 0.3 is 0 Å². The van der Waals surface area contributed by atoms with Gasteiger partial charge in [-0.25, -0.2) is 0 Å². The summed E-state index contributed by atoms with van der Waals surface area (Å²) in [5.74, 6) is 0.742. The quantitative estimate of drug-likeness (QED) is 0.806. The minimum Gasteiger partial charge on any atom is -0.492 e. The van der Waals surface area contributed by atoms with Gasteiger partial charge in [0.15, 0.2) is 0 Å². The van der Waals surface area contributed by atoms with Gasteiger partial charge in [0.2, 0.25) is 0 Å². The van der Waals surface area contributed by atoms with E-state index < -0.39 is 0 Å². The normalized spacial score (nSPS) is 18.0. The van der Waals surface area contributed by atoms with Crippen LogP contribution in [-0.4, -0.2) is 53.6 Å². The van der Waals surface area contributed by atoms with Crippen LogP contribution in [0.2, 0.25) is 0 Å².